The van der Waals surface area contributed by atoms with Gasteiger partial charge in [0.25, 0.3) is 11.8 Å². The second kappa shape index (κ2) is 9.19. The molecule has 1 N–H and O–H groups in total. The van der Waals surface area contributed by atoms with E-state index in [1.54, 1.807) is 35.2 Å². The Balaban J connectivity index is 1.86. The molecule has 0 unspecified atom stereocenters. The maximum absolute atomic E-state index is 13.0. The van der Waals surface area contributed by atoms with Crippen molar-refractivity contribution in [2.24, 2.45) is 0 Å². The molecule has 28 heavy (non-hydrogen) atoms. The lowest BCUT2D eigenvalue weighted by Crippen LogP contribution is -2.44. The Bertz CT molecular complexity index is 839. The lowest BCUT2D eigenvalue weighted by molar-refractivity contribution is -0.131. The van der Waals surface area contributed by atoms with Gasteiger partial charge in [0, 0.05) is 38.4 Å². The van der Waals surface area contributed by atoms with Gasteiger partial charge in [0.1, 0.15) is 5.70 Å². The van der Waals surface area contributed by atoms with Crippen LogP contribution in [-0.2, 0) is 9.53 Å². The number of anilines is 1. The number of amides is 2. The van der Waals surface area contributed by atoms with E-state index in [-0.39, 0.29) is 17.5 Å². The lowest BCUT2D eigenvalue weighted by atomic mass is 10.1. The predicted octanol–water partition coefficient (Wildman–Crippen LogP) is 2.38. The molecule has 1 fully saturated rings. The molecule has 6 nitrogen and oxygen atoms in total. The van der Waals surface area contributed by atoms with E-state index in [0.717, 1.165) is 11.3 Å². The van der Waals surface area contributed by atoms with Gasteiger partial charge in [0.05, 0.1) is 13.2 Å². The lowest BCUT2D eigenvalue weighted by Gasteiger charge is -2.28. The molecule has 2 aromatic rings. The summed E-state index contributed by atoms with van der Waals surface area (Å²) in [5.74, 6) is -0.511. The van der Waals surface area contributed by atoms with Crippen molar-refractivity contribution in [2.45, 2.75) is 0 Å². The van der Waals surface area contributed by atoms with Gasteiger partial charge in [-0.05, 0) is 35.9 Å². The van der Waals surface area contributed by atoms with Gasteiger partial charge in [-0.3, -0.25) is 9.59 Å². The molecule has 0 atom stereocenters. The number of rotatable bonds is 5. The van der Waals surface area contributed by atoms with Crippen LogP contribution in [0, 0.1) is 0 Å². The van der Waals surface area contributed by atoms with Crippen LogP contribution in [0.25, 0.3) is 6.08 Å². The zero-order chi connectivity index (χ0) is 19.9. The molecule has 6 heteroatoms. The highest BCUT2D eigenvalue weighted by Crippen LogP contribution is 2.16. The zero-order valence-corrected chi connectivity index (χ0v) is 16.2. The number of ether oxygens (including phenoxy) is 1. The number of hydrogen-bond donors (Lipinski definition) is 1. The van der Waals surface area contributed by atoms with Gasteiger partial charge in [0.2, 0.25) is 0 Å². The van der Waals surface area contributed by atoms with Crippen molar-refractivity contribution >= 4 is 23.6 Å². The van der Waals surface area contributed by atoms with Crippen LogP contribution in [0.2, 0.25) is 0 Å². The molecule has 2 amide bonds. The molecule has 146 valence electrons. The Morgan fingerprint density at radius 3 is 2.25 bits per heavy atom. The van der Waals surface area contributed by atoms with Crippen LogP contribution in [0.5, 0.6) is 0 Å². The summed E-state index contributed by atoms with van der Waals surface area (Å²) in [5.41, 5.74) is 2.67. The van der Waals surface area contributed by atoms with Gasteiger partial charge in [-0.25, -0.2) is 0 Å². The van der Waals surface area contributed by atoms with Crippen molar-refractivity contribution in [3.8, 4) is 0 Å². The highest BCUT2D eigenvalue weighted by molar-refractivity contribution is 6.05. The van der Waals surface area contributed by atoms with Crippen molar-refractivity contribution in [1.82, 2.24) is 10.2 Å². The molecule has 0 aliphatic carbocycles. The quantitative estimate of drug-likeness (QED) is 0.811. The largest absolute Gasteiger partial charge is 0.378 e. The molecule has 3 rings (SSSR count). The zero-order valence-electron chi connectivity index (χ0n) is 16.2. The summed E-state index contributed by atoms with van der Waals surface area (Å²) in [5, 5.41) is 2.80. The van der Waals surface area contributed by atoms with Crippen LogP contribution in [0.15, 0.2) is 60.3 Å². The summed E-state index contributed by atoms with van der Waals surface area (Å²) in [7, 11) is 3.94. The Morgan fingerprint density at radius 1 is 1.00 bits per heavy atom. The third-order valence-electron chi connectivity index (χ3n) is 4.53. The number of carbonyl (C=O) groups is 2. The highest BCUT2D eigenvalue weighted by atomic mass is 16.5. The maximum Gasteiger partial charge on any atom is 0.270 e. The maximum atomic E-state index is 13.0. The van der Waals surface area contributed by atoms with Crippen molar-refractivity contribution in [2.75, 3.05) is 45.3 Å². The van der Waals surface area contributed by atoms with Crippen LogP contribution < -0.4 is 10.2 Å². The molecule has 0 aromatic heterocycles. The fourth-order valence-corrected chi connectivity index (χ4v) is 2.91. The Labute approximate surface area is 165 Å². The first-order chi connectivity index (χ1) is 13.5. The van der Waals surface area contributed by atoms with Gasteiger partial charge < -0.3 is 19.9 Å². The summed E-state index contributed by atoms with van der Waals surface area (Å²) < 4.78 is 5.33. The number of benzene rings is 2. The average Bonchev–Trinajstić information content (AvgIpc) is 2.74. The summed E-state index contributed by atoms with van der Waals surface area (Å²) >= 11 is 0. The van der Waals surface area contributed by atoms with Crippen LogP contribution >= 0.6 is 0 Å². The van der Waals surface area contributed by atoms with Gasteiger partial charge >= 0.3 is 0 Å². The molecular weight excluding hydrogens is 354 g/mol. The van der Waals surface area contributed by atoms with Crippen LogP contribution in [0.3, 0.4) is 0 Å². The minimum absolute atomic E-state index is 0.204. The molecule has 0 spiro atoms. The average molecular weight is 379 g/mol. The van der Waals surface area contributed by atoms with E-state index in [2.05, 4.69) is 5.32 Å². The first-order valence-corrected chi connectivity index (χ1v) is 9.27. The fraction of sp³-hybridized carbons (Fsp3) is 0.273. The van der Waals surface area contributed by atoms with E-state index in [0.29, 0.717) is 31.9 Å². The SMILES string of the molecule is CN(C)c1ccc(C=C(NC(=O)c2ccccc2)C(=O)N2CCOCC2)cc1. The van der Waals surface area contributed by atoms with E-state index in [1.807, 2.05) is 49.3 Å². The summed E-state index contributed by atoms with van der Waals surface area (Å²) in [4.78, 5) is 29.4. The second-order valence-corrected chi connectivity index (χ2v) is 6.77. The minimum Gasteiger partial charge on any atom is -0.378 e. The van der Waals surface area contributed by atoms with Crippen molar-refractivity contribution < 1.29 is 14.3 Å². The van der Waals surface area contributed by atoms with Crippen LogP contribution in [0.1, 0.15) is 15.9 Å². The normalized spacial score (nSPS) is 14.5. The summed E-state index contributed by atoms with van der Waals surface area (Å²) in [6.07, 6.45) is 1.72. The van der Waals surface area contributed by atoms with Crippen molar-refractivity contribution in [3.05, 3.63) is 71.4 Å². The topological polar surface area (TPSA) is 61.9 Å². The third-order valence-corrected chi connectivity index (χ3v) is 4.53. The number of nitrogens with one attached hydrogen (secondary N) is 1. The molecule has 1 heterocycles. The van der Waals surface area contributed by atoms with E-state index in [1.165, 1.54) is 0 Å². The number of carbonyl (C=O) groups excluding carboxylic acids is 2. The van der Waals surface area contributed by atoms with Crippen molar-refractivity contribution in [1.29, 1.82) is 0 Å². The molecule has 1 saturated heterocycles. The molecule has 1 aliphatic heterocycles. The monoisotopic (exact) mass is 379 g/mol. The molecule has 0 saturated carbocycles. The Hall–Kier alpha value is -3.12. The first-order valence-electron chi connectivity index (χ1n) is 9.27. The summed E-state index contributed by atoms with van der Waals surface area (Å²) in [6, 6.07) is 16.7. The van der Waals surface area contributed by atoms with E-state index in [4.69, 9.17) is 4.74 Å². The van der Waals surface area contributed by atoms with Crippen LogP contribution in [-0.4, -0.2) is 57.1 Å². The Kier molecular flexibility index (Phi) is 6.45. The Morgan fingerprint density at radius 2 is 1.64 bits per heavy atom. The molecule has 2 aromatic carbocycles. The number of hydrogen-bond acceptors (Lipinski definition) is 4. The van der Waals surface area contributed by atoms with Gasteiger partial charge in [-0.2, -0.15) is 0 Å². The van der Waals surface area contributed by atoms with Crippen LogP contribution in [0.4, 0.5) is 5.69 Å². The standard InChI is InChI=1S/C22H25N3O3/c1-24(2)19-10-8-17(9-11-19)16-20(22(27)25-12-14-28-15-13-25)23-21(26)18-6-4-3-5-7-18/h3-11,16H,12-15H2,1-2H3,(H,23,26). The molecule has 0 radical (unpaired) electrons. The minimum atomic E-state index is -0.307. The molecule has 0 bridgehead atoms. The molecule has 1 aliphatic rings. The fourth-order valence-electron chi connectivity index (χ4n) is 2.91. The number of morpholine rings is 1. The van der Waals surface area contributed by atoms with Gasteiger partial charge in [-0.15, -0.1) is 0 Å². The molecular formula is C22H25N3O3. The third kappa shape index (κ3) is 4.98. The number of nitrogens with zero attached hydrogens (tertiary/aromatic N) is 2. The first kappa shape index (κ1) is 19.6. The van der Waals surface area contributed by atoms with Gasteiger partial charge in [0.15, 0.2) is 0 Å². The van der Waals surface area contributed by atoms with E-state index >= 15 is 0 Å². The van der Waals surface area contributed by atoms with E-state index < -0.39 is 0 Å². The highest BCUT2D eigenvalue weighted by Gasteiger charge is 2.22. The second-order valence-electron chi connectivity index (χ2n) is 6.77. The smallest absolute Gasteiger partial charge is 0.270 e. The summed E-state index contributed by atoms with van der Waals surface area (Å²) in [6.45, 7) is 2.03. The predicted molar refractivity (Wildman–Crippen MR) is 110 cm³/mol. The van der Waals surface area contributed by atoms with Gasteiger partial charge in [-0.1, -0.05) is 30.3 Å². The van der Waals surface area contributed by atoms with E-state index in [9.17, 15) is 9.59 Å². The van der Waals surface area contributed by atoms with Crippen molar-refractivity contribution in [3.63, 3.8) is 0 Å².